The van der Waals surface area contributed by atoms with Crippen LogP contribution in [0.1, 0.15) is 20.8 Å². The highest BCUT2D eigenvalue weighted by Crippen LogP contribution is 1.94. The molecule has 0 radical (unpaired) electrons. The van der Waals surface area contributed by atoms with Crippen LogP contribution < -0.4 is 5.73 Å². The van der Waals surface area contributed by atoms with Crippen molar-refractivity contribution in [3.8, 4) is 0 Å². The molecule has 0 amide bonds. The van der Waals surface area contributed by atoms with Crippen LogP contribution in [0.3, 0.4) is 0 Å². The lowest BCUT2D eigenvalue weighted by molar-refractivity contribution is 0.0672. The molecular formula is C11H25N3O3. The largest absolute Gasteiger partial charge is 0.409 e. The van der Waals surface area contributed by atoms with Crippen molar-refractivity contribution in [1.29, 1.82) is 0 Å². The summed E-state index contributed by atoms with van der Waals surface area (Å²) in [6, 6.07) is 0. The molecule has 0 aliphatic carbocycles. The molecule has 102 valence electrons. The molecule has 0 aliphatic rings. The first-order chi connectivity index (χ1) is 8.15. The Labute approximate surface area is 103 Å². The van der Waals surface area contributed by atoms with Crippen LogP contribution in [0, 0.1) is 0 Å². The summed E-state index contributed by atoms with van der Waals surface area (Å²) in [7, 11) is 0. The molecule has 0 bridgehead atoms. The maximum atomic E-state index is 8.46. The fourth-order valence-corrected chi connectivity index (χ4v) is 1.29. The van der Waals surface area contributed by atoms with E-state index in [4.69, 9.17) is 20.4 Å². The maximum absolute atomic E-state index is 8.46. The molecule has 6 nitrogen and oxygen atoms in total. The molecule has 17 heavy (non-hydrogen) atoms. The van der Waals surface area contributed by atoms with Crippen LogP contribution >= 0.6 is 0 Å². The van der Waals surface area contributed by atoms with Gasteiger partial charge in [0, 0.05) is 19.7 Å². The number of rotatable bonds is 10. The predicted molar refractivity (Wildman–Crippen MR) is 67.4 cm³/mol. The van der Waals surface area contributed by atoms with E-state index in [1.807, 2.05) is 6.92 Å². The van der Waals surface area contributed by atoms with E-state index in [1.165, 1.54) is 0 Å². The van der Waals surface area contributed by atoms with Gasteiger partial charge < -0.3 is 20.4 Å². The van der Waals surface area contributed by atoms with Gasteiger partial charge in [0.25, 0.3) is 0 Å². The molecule has 0 aromatic carbocycles. The molecule has 0 heterocycles. The first-order valence-corrected chi connectivity index (χ1v) is 6.04. The minimum Gasteiger partial charge on any atom is -0.409 e. The van der Waals surface area contributed by atoms with Crippen molar-refractivity contribution < 1.29 is 14.7 Å². The van der Waals surface area contributed by atoms with Crippen LogP contribution in [-0.2, 0) is 9.47 Å². The number of ether oxygens (including phenoxy) is 2. The minimum atomic E-state index is -0.356. The smallest absolute Gasteiger partial charge is 0.168 e. The van der Waals surface area contributed by atoms with Crippen molar-refractivity contribution in [1.82, 2.24) is 4.90 Å². The molecule has 0 aromatic heterocycles. The van der Waals surface area contributed by atoms with Gasteiger partial charge in [0.05, 0.1) is 13.2 Å². The zero-order valence-corrected chi connectivity index (χ0v) is 11.1. The van der Waals surface area contributed by atoms with Gasteiger partial charge in [-0.3, -0.25) is 4.90 Å². The fraction of sp³-hybridized carbons (Fsp3) is 0.909. The Morgan fingerprint density at radius 2 is 2.00 bits per heavy atom. The molecule has 0 aromatic rings. The maximum Gasteiger partial charge on any atom is 0.168 e. The summed E-state index contributed by atoms with van der Waals surface area (Å²) in [6.07, 6.45) is -0.356. The average molecular weight is 247 g/mol. The molecule has 0 rings (SSSR count). The van der Waals surface area contributed by atoms with Crippen LogP contribution in [0.5, 0.6) is 0 Å². The summed E-state index contributed by atoms with van der Waals surface area (Å²) >= 11 is 0. The van der Waals surface area contributed by atoms with Crippen LogP contribution in [0.4, 0.5) is 0 Å². The Hall–Kier alpha value is -0.850. The summed E-state index contributed by atoms with van der Waals surface area (Å²) in [4.78, 5) is 2.23. The van der Waals surface area contributed by atoms with E-state index < -0.39 is 0 Å². The number of amidine groups is 1. The van der Waals surface area contributed by atoms with Crippen molar-refractivity contribution in [3.05, 3.63) is 0 Å². The van der Waals surface area contributed by atoms with Gasteiger partial charge in [0.15, 0.2) is 5.84 Å². The minimum absolute atomic E-state index is 0.0994. The Kier molecular flexibility index (Phi) is 9.80. The third-order valence-electron chi connectivity index (χ3n) is 2.51. The quantitative estimate of drug-likeness (QED) is 0.193. The zero-order valence-electron chi connectivity index (χ0n) is 11.1. The standard InChI is InChI=1S/C11H25N3O3/c1-4-14(6-8-16-5-2)7-9-17-10(3)11(12)13-15/h10,15H,4-9H2,1-3H3,(H2,12,13). The number of likely N-dealkylation sites (N-methyl/N-ethyl adjacent to an activating group) is 1. The number of nitrogens with two attached hydrogens (primary N) is 1. The SMILES string of the molecule is CCOCCN(CC)CCOC(C)C(N)=NO. The molecular weight excluding hydrogens is 222 g/mol. The van der Waals surface area contributed by atoms with Crippen molar-refractivity contribution in [2.75, 3.05) is 39.5 Å². The first-order valence-electron chi connectivity index (χ1n) is 6.04. The Morgan fingerprint density at radius 1 is 1.35 bits per heavy atom. The van der Waals surface area contributed by atoms with Gasteiger partial charge in [-0.2, -0.15) is 0 Å². The Bertz CT molecular complexity index is 212. The van der Waals surface area contributed by atoms with E-state index in [0.29, 0.717) is 6.61 Å². The van der Waals surface area contributed by atoms with Gasteiger partial charge in [0.2, 0.25) is 0 Å². The van der Waals surface area contributed by atoms with E-state index in [1.54, 1.807) is 6.92 Å². The zero-order chi connectivity index (χ0) is 13.1. The van der Waals surface area contributed by atoms with E-state index in [2.05, 4.69) is 17.0 Å². The van der Waals surface area contributed by atoms with Crippen molar-refractivity contribution in [2.24, 2.45) is 10.9 Å². The topological polar surface area (TPSA) is 80.3 Å². The predicted octanol–water partition coefficient (Wildman–Crippen LogP) is 0.496. The molecule has 3 N–H and O–H groups in total. The summed E-state index contributed by atoms with van der Waals surface area (Å²) in [5.74, 6) is 0.0994. The van der Waals surface area contributed by atoms with Crippen LogP contribution in [-0.4, -0.2) is 61.5 Å². The van der Waals surface area contributed by atoms with Crippen LogP contribution in [0.25, 0.3) is 0 Å². The highest BCUT2D eigenvalue weighted by atomic mass is 16.5. The first kappa shape index (κ1) is 16.1. The second kappa shape index (κ2) is 10.3. The number of hydrogen-bond acceptors (Lipinski definition) is 5. The van der Waals surface area contributed by atoms with Gasteiger partial charge >= 0.3 is 0 Å². The number of nitrogens with zero attached hydrogens (tertiary/aromatic N) is 2. The monoisotopic (exact) mass is 247 g/mol. The van der Waals surface area contributed by atoms with Crippen LogP contribution in [0.15, 0.2) is 5.16 Å². The fourth-order valence-electron chi connectivity index (χ4n) is 1.29. The van der Waals surface area contributed by atoms with Crippen molar-refractivity contribution >= 4 is 5.84 Å². The lowest BCUT2D eigenvalue weighted by Crippen LogP contribution is -2.34. The van der Waals surface area contributed by atoms with Gasteiger partial charge in [-0.1, -0.05) is 12.1 Å². The molecule has 0 fully saturated rings. The third-order valence-corrected chi connectivity index (χ3v) is 2.51. The van der Waals surface area contributed by atoms with E-state index in [-0.39, 0.29) is 11.9 Å². The third kappa shape index (κ3) is 7.95. The molecule has 0 aliphatic heterocycles. The summed E-state index contributed by atoms with van der Waals surface area (Å²) in [6.45, 7) is 10.5. The van der Waals surface area contributed by atoms with Gasteiger partial charge in [0.1, 0.15) is 6.10 Å². The molecule has 0 saturated carbocycles. The van der Waals surface area contributed by atoms with Crippen molar-refractivity contribution in [2.45, 2.75) is 26.9 Å². The summed E-state index contributed by atoms with van der Waals surface area (Å²) in [5, 5.41) is 11.4. The Morgan fingerprint density at radius 3 is 2.53 bits per heavy atom. The highest BCUT2D eigenvalue weighted by Gasteiger charge is 2.08. The van der Waals surface area contributed by atoms with Gasteiger partial charge in [-0.25, -0.2) is 0 Å². The van der Waals surface area contributed by atoms with Gasteiger partial charge in [-0.05, 0) is 20.4 Å². The summed E-state index contributed by atoms with van der Waals surface area (Å²) < 4.78 is 10.7. The molecule has 1 atom stereocenters. The lowest BCUT2D eigenvalue weighted by Gasteiger charge is -2.21. The van der Waals surface area contributed by atoms with Crippen LogP contribution in [0.2, 0.25) is 0 Å². The normalized spacial score (nSPS) is 14.2. The molecule has 6 heteroatoms. The Balaban J connectivity index is 3.68. The van der Waals surface area contributed by atoms with E-state index in [9.17, 15) is 0 Å². The van der Waals surface area contributed by atoms with Crippen molar-refractivity contribution in [3.63, 3.8) is 0 Å². The lowest BCUT2D eigenvalue weighted by atomic mass is 10.4. The van der Waals surface area contributed by atoms with E-state index >= 15 is 0 Å². The highest BCUT2D eigenvalue weighted by molar-refractivity contribution is 5.83. The molecule has 0 saturated heterocycles. The van der Waals surface area contributed by atoms with E-state index in [0.717, 1.165) is 32.8 Å². The summed E-state index contributed by atoms with van der Waals surface area (Å²) in [5.41, 5.74) is 5.41. The van der Waals surface area contributed by atoms with Gasteiger partial charge in [-0.15, -0.1) is 0 Å². The average Bonchev–Trinajstić information content (AvgIpc) is 2.35. The second-order valence-corrected chi connectivity index (χ2v) is 3.67. The number of hydrogen-bond donors (Lipinski definition) is 2. The molecule has 1 unspecified atom stereocenters. The second-order valence-electron chi connectivity index (χ2n) is 3.67. The number of oxime groups is 1. The molecule has 0 spiro atoms.